The van der Waals surface area contributed by atoms with Crippen molar-refractivity contribution in [3.05, 3.63) is 66.0 Å². The van der Waals surface area contributed by atoms with Crippen LogP contribution in [0.5, 0.6) is 0 Å². The van der Waals surface area contributed by atoms with Gasteiger partial charge in [0.15, 0.2) is 5.69 Å². The number of rotatable bonds is 3. The van der Waals surface area contributed by atoms with E-state index in [0.717, 1.165) is 22.3 Å². The van der Waals surface area contributed by atoms with Crippen molar-refractivity contribution in [2.24, 2.45) is 12.8 Å². The third-order valence-corrected chi connectivity index (χ3v) is 3.63. The smallest absolute Gasteiger partial charge is 0.249 e. The van der Waals surface area contributed by atoms with Gasteiger partial charge in [0.05, 0.1) is 0 Å². The maximum Gasteiger partial charge on any atom is 0.249 e. The molecule has 3 aromatic rings. The van der Waals surface area contributed by atoms with E-state index in [1.165, 1.54) is 0 Å². The monoisotopic (exact) mass is 302 g/mol. The summed E-state index contributed by atoms with van der Waals surface area (Å²) in [6, 6.07) is 16.9. The topological polar surface area (TPSA) is 84.7 Å². The van der Waals surface area contributed by atoms with Gasteiger partial charge in [-0.15, -0.1) is 0 Å². The SMILES string of the molecule is Cn1cc(-c2ccc(-c3ccccc3C(N)=O)cc2)c(C#N)n1. The number of amides is 1. The van der Waals surface area contributed by atoms with Gasteiger partial charge in [0, 0.05) is 24.4 Å². The first-order chi connectivity index (χ1) is 11.1. The van der Waals surface area contributed by atoms with Gasteiger partial charge in [-0.3, -0.25) is 9.48 Å². The van der Waals surface area contributed by atoms with Gasteiger partial charge in [0.1, 0.15) is 6.07 Å². The second-order valence-electron chi connectivity index (χ2n) is 5.16. The van der Waals surface area contributed by atoms with Crippen LogP contribution in [0.3, 0.4) is 0 Å². The Bertz CT molecular complexity index is 917. The number of primary amides is 1. The number of hydrogen-bond acceptors (Lipinski definition) is 3. The van der Waals surface area contributed by atoms with Crippen LogP contribution in [-0.4, -0.2) is 15.7 Å². The Morgan fingerprint density at radius 1 is 1.09 bits per heavy atom. The summed E-state index contributed by atoms with van der Waals surface area (Å²) in [7, 11) is 1.78. The number of nitrogens with zero attached hydrogens (tertiary/aromatic N) is 3. The molecule has 1 heterocycles. The maximum absolute atomic E-state index is 11.5. The standard InChI is InChI=1S/C18H14N4O/c1-22-11-16(17(10-19)21-22)13-8-6-12(7-9-13)14-4-2-3-5-15(14)18(20)23/h2-9,11H,1H3,(H2,20,23). The van der Waals surface area contributed by atoms with E-state index in [1.54, 1.807) is 23.9 Å². The van der Waals surface area contributed by atoms with E-state index >= 15 is 0 Å². The van der Waals surface area contributed by atoms with E-state index < -0.39 is 5.91 Å². The van der Waals surface area contributed by atoms with E-state index in [-0.39, 0.29) is 0 Å². The molecule has 0 spiro atoms. The Kier molecular flexibility index (Phi) is 3.65. The Labute approximate surface area is 133 Å². The van der Waals surface area contributed by atoms with Gasteiger partial charge < -0.3 is 5.73 Å². The number of nitrogens with two attached hydrogens (primary N) is 1. The number of hydrogen-bond donors (Lipinski definition) is 1. The molecule has 0 aliphatic heterocycles. The summed E-state index contributed by atoms with van der Waals surface area (Å²) >= 11 is 0. The molecule has 3 rings (SSSR count). The van der Waals surface area contributed by atoms with Crippen LogP contribution >= 0.6 is 0 Å². The van der Waals surface area contributed by atoms with Crippen LogP contribution in [0.4, 0.5) is 0 Å². The lowest BCUT2D eigenvalue weighted by molar-refractivity contribution is 0.100. The van der Waals surface area contributed by atoms with Gasteiger partial charge in [0.25, 0.3) is 0 Å². The van der Waals surface area contributed by atoms with Crippen LogP contribution in [0.1, 0.15) is 16.1 Å². The lowest BCUT2D eigenvalue weighted by atomic mass is 9.97. The molecule has 0 aliphatic rings. The minimum Gasteiger partial charge on any atom is -0.366 e. The summed E-state index contributed by atoms with van der Waals surface area (Å²) in [5, 5.41) is 13.3. The van der Waals surface area contributed by atoms with Crippen LogP contribution < -0.4 is 5.73 Å². The number of aromatic nitrogens is 2. The van der Waals surface area contributed by atoms with Gasteiger partial charge in [-0.1, -0.05) is 42.5 Å². The number of benzene rings is 2. The average molecular weight is 302 g/mol. The van der Waals surface area contributed by atoms with Crippen molar-refractivity contribution in [3.63, 3.8) is 0 Å². The Morgan fingerprint density at radius 3 is 2.30 bits per heavy atom. The summed E-state index contributed by atoms with van der Waals surface area (Å²) < 4.78 is 1.62. The Hall–Kier alpha value is -3.39. The first kappa shape index (κ1) is 14.5. The van der Waals surface area contributed by atoms with Gasteiger partial charge >= 0.3 is 0 Å². The van der Waals surface area contributed by atoms with E-state index in [2.05, 4.69) is 11.2 Å². The fourth-order valence-electron chi connectivity index (χ4n) is 2.56. The molecule has 2 aromatic carbocycles. The van der Waals surface area contributed by atoms with Crippen molar-refractivity contribution >= 4 is 5.91 Å². The van der Waals surface area contributed by atoms with Crippen LogP contribution in [0.25, 0.3) is 22.3 Å². The molecule has 1 aromatic heterocycles. The molecule has 5 heteroatoms. The predicted octanol–water partition coefficient (Wildman–Crippen LogP) is 2.72. The highest BCUT2D eigenvalue weighted by Crippen LogP contribution is 2.28. The van der Waals surface area contributed by atoms with Crippen molar-refractivity contribution in [1.29, 1.82) is 5.26 Å². The van der Waals surface area contributed by atoms with Gasteiger partial charge in [-0.2, -0.15) is 10.4 Å². The Balaban J connectivity index is 2.04. The van der Waals surface area contributed by atoms with E-state index in [4.69, 9.17) is 11.0 Å². The van der Waals surface area contributed by atoms with E-state index in [9.17, 15) is 4.79 Å². The second kappa shape index (κ2) is 5.78. The fourth-order valence-corrected chi connectivity index (χ4v) is 2.56. The molecule has 0 atom stereocenters. The summed E-state index contributed by atoms with van der Waals surface area (Å²) in [6.45, 7) is 0. The molecule has 0 bridgehead atoms. The number of carbonyl (C=O) groups excluding carboxylic acids is 1. The molecule has 1 amide bonds. The molecule has 0 radical (unpaired) electrons. The zero-order valence-corrected chi connectivity index (χ0v) is 12.5. The van der Waals surface area contributed by atoms with Crippen molar-refractivity contribution in [2.45, 2.75) is 0 Å². The predicted molar refractivity (Wildman–Crippen MR) is 87.3 cm³/mol. The minimum atomic E-state index is -0.455. The van der Waals surface area contributed by atoms with Crippen LogP contribution in [0.15, 0.2) is 54.7 Å². The average Bonchev–Trinajstić information content (AvgIpc) is 2.96. The molecule has 2 N–H and O–H groups in total. The molecule has 5 nitrogen and oxygen atoms in total. The summed E-state index contributed by atoms with van der Waals surface area (Å²) in [6.07, 6.45) is 1.81. The van der Waals surface area contributed by atoms with Crippen molar-refractivity contribution < 1.29 is 4.79 Å². The lowest BCUT2D eigenvalue weighted by Crippen LogP contribution is -2.12. The zero-order chi connectivity index (χ0) is 16.4. The molecule has 0 unspecified atom stereocenters. The normalized spacial score (nSPS) is 10.3. The van der Waals surface area contributed by atoms with Gasteiger partial charge in [-0.05, 0) is 22.8 Å². The third kappa shape index (κ3) is 2.70. The Morgan fingerprint density at radius 2 is 1.70 bits per heavy atom. The molecular weight excluding hydrogens is 288 g/mol. The highest BCUT2D eigenvalue weighted by molar-refractivity contribution is 5.99. The quantitative estimate of drug-likeness (QED) is 0.807. The van der Waals surface area contributed by atoms with Crippen LogP contribution in [0.2, 0.25) is 0 Å². The molecule has 112 valence electrons. The van der Waals surface area contributed by atoms with Gasteiger partial charge in [-0.25, -0.2) is 0 Å². The minimum absolute atomic E-state index is 0.387. The van der Waals surface area contributed by atoms with Crippen molar-refractivity contribution in [1.82, 2.24) is 9.78 Å². The van der Waals surface area contributed by atoms with E-state index in [0.29, 0.717) is 11.3 Å². The first-order valence-corrected chi connectivity index (χ1v) is 7.03. The van der Waals surface area contributed by atoms with Crippen molar-refractivity contribution in [2.75, 3.05) is 0 Å². The van der Waals surface area contributed by atoms with Crippen LogP contribution in [0, 0.1) is 11.3 Å². The molecule has 0 fully saturated rings. The molecule has 0 aliphatic carbocycles. The largest absolute Gasteiger partial charge is 0.366 e. The highest BCUT2D eigenvalue weighted by Gasteiger charge is 2.12. The molecular formula is C18H14N4O. The maximum atomic E-state index is 11.5. The van der Waals surface area contributed by atoms with Crippen LogP contribution in [-0.2, 0) is 7.05 Å². The van der Waals surface area contributed by atoms with E-state index in [1.807, 2.05) is 42.6 Å². The first-order valence-electron chi connectivity index (χ1n) is 7.03. The molecule has 0 saturated heterocycles. The second-order valence-corrected chi connectivity index (χ2v) is 5.16. The molecule has 23 heavy (non-hydrogen) atoms. The summed E-state index contributed by atoms with van der Waals surface area (Å²) in [5.74, 6) is -0.455. The highest BCUT2D eigenvalue weighted by atomic mass is 16.1. The number of aryl methyl sites for hydroxylation is 1. The number of carbonyl (C=O) groups is 1. The van der Waals surface area contributed by atoms with Crippen molar-refractivity contribution in [3.8, 4) is 28.3 Å². The lowest BCUT2D eigenvalue weighted by Gasteiger charge is -2.07. The summed E-state index contributed by atoms with van der Waals surface area (Å²) in [4.78, 5) is 11.5. The fraction of sp³-hybridized carbons (Fsp3) is 0.0556. The summed E-state index contributed by atoms with van der Waals surface area (Å²) in [5.41, 5.74) is 9.66. The van der Waals surface area contributed by atoms with Gasteiger partial charge in [0.2, 0.25) is 5.91 Å². The number of nitriles is 1. The zero-order valence-electron chi connectivity index (χ0n) is 12.5. The molecule has 0 saturated carbocycles. The third-order valence-electron chi connectivity index (χ3n) is 3.63.